The number of amides is 1. The van der Waals surface area contributed by atoms with E-state index in [2.05, 4.69) is 10.6 Å². The predicted octanol–water partition coefficient (Wildman–Crippen LogP) is 0.603. The minimum Gasteiger partial charge on any atom is -0.477 e. The van der Waals surface area contributed by atoms with Gasteiger partial charge in [-0.1, -0.05) is 6.92 Å². The number of aliphatic hydroxyl groups is 1. The number of carboxylic acids is 1. The Hall–Kier alpha value is -1.09. The van der Waals surface area contributed by atoms with Gasteiger partial charge in [0.25, 0.3) is 0 Å². The monoisotopic (exact) mass is 395 g/mol. The molecule has 3 fully saturated rings. The predicted molar refractivity (Wildman–Crippen MR) is 103 cm³/mol. The van der Waals surface area contributed by atoms with Crippen molar-refractivity contribution < 1.29 is 19.8 Å². The van der Waals surface area contributed by atoms with E-state index in [0.29, 0.717) is 11.3 Å². The van der Waals surface area contributed by atoms with Gasteiger partial charge in [-0.15, -0.1) is 11.8 Å². The van der Waals surface area contributed by atoms with E-state index < -0.39 is 18.0 Å². The maximum Gasteiger partial charge on any atom is 0.353 e. The molecule has 4 aliphatic heterocycles. The molecule has 3 saturated heterocycles. The fraction of sp³-hybridized carbons (Fsp3) is 0.789. The summed E-state index contributed by atoms with van der Waals surface area (Å²) >= 11 is 1.63. The van der Waals surface area contributed by atoms with Crippen molar-refractivity contribution in [3.05, 3.63) is 10.6 Å². The minimum atomic E-state index is -1.04. The number of carbonyl (C=O) groups excluding carboxylic acids is 1. The molecule has 0 aromatic carbocycles. The highest BCUT2D eigenvalue weighted by atomic mass is 32.2. The average molecular weight is 396 g/mol. The lowest BCUT2D eigenvalue weighted by atomic mass is 9.79. The van der Waals surface area contributed by atoms with Crippen molar-refractivity contribution in [3.8, 4) is 0 Å². The number of aliphatic hydroxyl groups excluding tert-OH is 1. The zero-order chi connectivity index (χ0) is 19.3. The van der Waals surface area contributed by atoms with Crippen molar-refractivity contribution in [1.29, 1.82) is 0 Å². The Kier molecular flexibility index (Phi) is 5.26. The first-order valence-corrected chi connectivity index (χ1v) is 10.9. The number of nitrogens with one attached hydrogen (secondary N) is 2. The molecule has 0 bridgehead atoms. The van der Waals surface area contributed by atoms with Gasteiger partial charge < -0.3 is 25.7 Å². The second-order valence-corrected chi connectivity index (χ2v) is 9.79. The molecule has 0 aromatic rings. The van der Waals surface area contributed by atoms with Crippen LogP contribution in [0.15, 0.2) is 10.6 Å². The van der Waals surface area contributed by atoms with Crippen molar-refractivity contribution in [2.45, 2.75) is 56.5 Å². The van der Waals surface area contributed by atoms with Crippen LogP contribution in [-0.2, 0) is 9.59 Å². The lowest BCUT2D eigenvalue weighted by Crippen LogP contribution is -2.63. The first-order valence-electron chi connectivity index (χ1n) is 9.97. The number of carboxylic acid groups (broad SMARTS) is 1. The lowest BCUT2D eigenvalue weighted by molar-refractivity contribution is -0.163. The summed E-state index contributed by atoms with van der Waals surface area (Å²) in [4.78, 5) is 26.5. The summed E-state index contributed by atoms with van der Waals surface area (Å²) in [5.74, 6) is -1.10. The van der Waals surface area contributed by atoms with E-state index in [1.54, 1.807) is 18.7 Å². The van der Waals surface area contributed by atoms with Crippen LogP contribution in [0, 0.1) is 17.8 Å². The highest BCUT2D eigenvalue weighted by Gasteiger charge is 2.60. The van der Waals surface area contributed by atoms with E-state index in [0.717, 1.165) is 36.9 Å². The van der Waals surface area contributed by atoms with E-state index >= 15 is 0 Å². The Labute approximate surface area is 163 Å². The van der Waals surface area contributed by atoms with E-state index in [9.17, 15) is 19.8 Å². The van der Waals surface area contributed by atoms with Gasteiger partial charge in [-0.3, -0.25) is 4.79 Å². The summed E-state index contributed by atoms with van der Waals surface area (Å²) < 4.78 is 0. The summed E-state index contributed by atoms with van der Waals surface area (Å²) in [7, 11) is 0. The first-order chi connectivity index (χ1) is 12.9. The highest BCUT2D eigenvalue weighted by Crippen LogP contribution is 2.51. The lowest BCUT2D eigenvalue weighted by Gasteiger charge is -2.46. The van der Waals surface area contributed by atoms with Gasteiger partial charge in [-0.05, 0) is 45.2 Å². The Morgan fingerprint density at radius 2 is 2.19 bits per heavy atom. The van der Waals surface area contributed by atoms with Gasteiger partial charge in [0.15, 0.2) is 0 Å². The fourth-order valence-corrected chi connectivity index (χ4v) is 6.75. The number of nitrogens with zero attached hydrogens (tertiary/aromatic N) is 1. The van der Waals surface area contributed by atoms with Crippen LogP contribution in [0.2, 0.25) is 0 Å². The number of β-lactam (4-membered cyclic amide) rings is 1. The van der Waals surface area contributed by atoms with E-state index in [1.807, 2.05) is 6.92 Å². The van der Waals surface area contributed by atoms with Gasteiger partial charge in [0.2, 0.25) is 5.91 Å². The third kappa shape index (κ3) is 3.30. The number of rotatable bonds is 6. The maximum atomic E-state index is 12.4. The third-order valence-corrected chi connectivity index (χ3v) is 8.08. The Morgan fingerprint density at radius 1 is 1.41 bits per heavy atom. The number of hydrogen-bond donors (Lipinski definition) is 4. The molecule has 8 heteroatoms. The molecule has 0 aromatic heterocycles. The van der Waals surface area contributed by atoms with Crippen molar-refractivity contribution >= 4 is 23.6 Å². The SMILES string of the molecule is C[C@@H](O)[C@H]1C(=O)N2C(C(=O)O)=C(S[C@@H]3CN[C@H](CC4CCNC4)C3)[C@H](C)[C@H]12. The molecule has 4 rings (SSSR count). The second kappa shape index (κ2) is 7.39. The van der Waals surface area contributed by atoms with Crippen molar-refractivity contribution in [2.75, 3.05) is 19.6 Å². The van der Waals surface area contributed by atoms with Gasteiger partial charge in [0.05, 0.1) is 18.1 Å². The number of fused-ring (bicyclic) bond motifs is 1. The zero-order valence-corrected chi connectivity index (χ0v) is 16.7. The number of hydrogen-bond acceptors (Lipinski definition) is 6. The standard InChI is InChI=1S/C19H29N3O4S/c1-9-15-14(10(2)23)18(24)22(15)16(19(25)26)17(9)27-13-6-12(21-8-13)5-11-3-4-20-7-11/h9-15,20-21,23H,3-8H2,1-2H3,(H,25,26)/t9-,10-,11?,12-,13+,14-,15-/m1/s1. The quantitative estimate of drug-likeness (QED) is 0.489. The smallest absolute Gasteiger partial charge is 0.353 e. The summed E-state index contributed by atoms with van der Waals surface area (Å²) in [6, 6.07) is 0.266. The molecule has 1 unspecified atom stereocenters. The Bertz CT molecular complexity index is 661. The Balaban J connectivity index is 1.45. The van der Waals surface area contributed by atoms with Crippen LogP contribution in [0.1, 0.15) is 33.1 Å². The molecule has 4 N–H and O–H groups in total. The van der Waals surface area contributed by atoms with Crippen LogP contribution < -0.4 is 10.6 Å². The minimum absolute atomic E-state index is 0.0449. The first kappa shape index (κ1) is 19.2. The van der Waals surface area contributed by atoms with Crippen LogP contribution in [0.5, 0.6) is 0 Å². The molecule has 0 aliphatic carbocycles. The highest BCUT2D eigenvalue weighted by molar-refractivity contribution is 8.03. The van der Waals surface area contributed by atoms with Crippen LogP contribution in [0.3, 0.4) is 0 Å². The average Bonchev–Trinajstić information content (AvgIpc) is 3.30. The molecular formula is C19H29N3O4S. The number of aliphatic carboxylic acids is 1. The third-order valence-electron chi connectivity index (χ3n) is 6.57. The molecule has 4 heterocycles. The number of carbonyl (C=O) groups is 2. The fourth-order valence-electron chi connectivity index (χ4n) is 5.23. The molecule has 7 atom stereocenters. The molecule has 7 nitrogen and oxygen atoms in total. The van der Waals surface area contributed by atoms with Gasteiger partial charge in [0.1, 0.15) is 5.70 Å². The summed E-state index contributed by atoms with van der Waals surface area (Å²) in [6.07, 6.45) is 2.68. The molecule has 0 spiro atoms. The second-order valence-electron chi connectivity index (χ2n) is 8.45. The molecule has 1 amide bonds. The van der Waals surface area contributed by atoms with E-state index in [1.165, 1.54) is 17.7 Å². The Morgan fingerprint density at radius 3 is 2.81 bits per heavy atom. The van der Waals surface area contributed by atoms with Gasteiger partial charge in [-0.25, -0.2) is 4.79 Å². The molecule has 150 valence electrons. The molecule has 0 radical (unpaired) electrons. The molecular weight excluding hydrogens is 366 g/mol. The normalized spacial score (nSPS) is 39.7. The zero-order valence-electron chi connectivity index (χ0n) is 15.9. The van der Waals surface area contributed by atoms with Crippen molar-refractivity contribution in [3.63, 3.8) is 0 Å². The molecule has 27 heavy (non-hydrogen) atoms. The summed E-state index contributed by atoms with van der Waals surface area (Å²) in [5.41, 5.74) is 0.142. The van der Waals surface area contributed by atoms with Crippen molar-refractivity contribution in [2.24, 2.45) is 17.8 Å². The van der Waals surface area contributed by atoms with Crippen LogP contribution in [-0.4, -0.2) is 70.1 Å². The molecule has 4 aliphatic rings. The van der Waals surface area contributed by atoms with Crippen molar-refractivity contribution in [1.82, 2.24) is 15.5 Å². The van der Waals surface area contributed by atoms with Gasteiger partial charge >= 0.3 is 5.97 Å². The largest absolute Gasteiger partial charge is 0.477 e. The van der Waals surface area contributed by atoms with Gasteiger partial charge in [-0.2, -0.15) is 0 Å². The maximum absolute atomic E-state index is 12.4. The van der Waals surface area contributed by atoms with E-state index in [4.69, 9.17) is 0 Å². The summed E-state index contributed by atoms with van der Waals surface area (Å²) in [6.45, 7) is 6.68. The van der Waals surface area contributed by atoms with Crippen LogP contribution in [0.4, 0.5) is 0 Å². The summed E-state index contributed by atoms with van der Waals surface area (Å²) in [5, 5.41) is 27.0. The van der Waals surface area contributed by atoms with Crippen LogP contribution >= 0.6 is 11.8 Å². The molecule has 0 saturated carbocycles. The number of thioether (sulfide) groups is 1. The van der Waals surface area contributed by atoms with Gasteiger partial charge in [0, 0.05) is 28.7 Å². The van der Waals surface area contributed by atoms with E-state index in [-0.39, 0.29) is 23.6 Å². The van der Waals surface area contributed by atoms with Crippen LogP contribution in [0.25, 0.3) is 0 Å². The topological polar surface area (TPSA) is 102 Å².